The highest BCUT2D eigenvalue weighted by atomic mass is 32.2. The molecule has 4 heterocycles. The predicted octanol–water partition coefficient (Wildman–Crippen LogP) is 3.64. The van der Waals surface area contributed by atoms with E-state index in [0.717, 1.165) is 11.8 Å². The smallest absolute Gasteiger partial charge is 0.387 e. The summed E-state index contributed by atoms with van der Waals surface area (Å²) in [5.41, 5.74) is 1.20. The Labute approximate surface area is 227 Å². The van der Waals surface area contributed by atoms with Crippen LogP contribution in [0.4, 0.5) is 14.5 Å². The number of fused-ring (bicyclic) bond motifs is 9. The summed E-state index contributed by atoms with van der Waals surface area (Å²) in [5, 5.41) is 20.8. The number of ether oxygens (including phenoxy) is 1. The number of aromatic nitrogens is 4. The van der Waals surface area contributed by atoms with Gasteiger partial charge in [0.25, 0.3) is 0 Å². The van der Waals surface area contributed by atoms with Crippen molar-refractivity contribution in [2.24, 2.45) is 0 Å². The maximum absolute atomic E-state index is 13.3. The van der Waals surface area contributed by atoms with Gasteiger partial charge in [0.05, 0.1) is 34.6 Å². The van der Waals surface area contributed by atoms with Crippen molar-refractivity contribution in [1.29, 1.82) is 0 Å². The summed E-state index contributed by atoms with van der Waals surface area (Å²) in [6.07, 6.45) is 4.92. The van der Waals surface area contributed by atoms with Gasteiger partial charge in [0.15, 0.2) is 5.82 Å². The number of hydrogen-bond acceptors (Lipinski definition) is 8. The first kappa shape index (κ1) is 25.3. The quantitative estimate of drug-likeness (QED) is 0.373. The van der Waals surface area contributed by atoms with E-state index in [1.807, 2.05) is 22.8 Å². The molecule has 208 valence electrons. The molecule has 2 bridgehead atoms. The van der Waals surface area contributed by atoms with E-state index < -0.39 is 39.9 Å². The van der Waals surface area contributed by atoms with Gasteiger partial charge in [-0.15, -0.1) is 0 Å². The Morgan fingerprint density at radius 2 is 1.80 bits per heavy atom. The fraction of sp³-hybridized carbons (Fsp3) is 0.370. The van der Waals surface area contributed by atoms with Crippen molar-refractivity contribution in [3.05, 3.63) is 66.0 Å². The van der Waals surface area contributed by atoms with Crippen LogP contribution in [-0.2, 0) is 15.6 Å². The van der Waals surface area contributed by atoms with Crippen LogP contribution in [0.2, 0.25) is 0 Å². The van der Waals surface area contributed by atoms with Gasteiger partial charge in [-0.2, -0.15) is 8.78 Å². The number of aliphatic hydroxyl groups is 2. The van der Waals surface area contributed by atoms with E-state index in [1.165, 1.54) is 16.4 Å². The second kappa shape index (κ2) is 8.18. The number of sulfonamides is 1. The summed E-state index contributed by atoms with van der Waals surface area (Å²) in [7, 11) is -3.79. The summed E-state index contributed by atoms with van der Waals surface area (Å²) in [4.78, 5) is 13.5. The lowest BCUT2D eigenvalue weighted by Crippen LogP contribution is -2.53. The summed E-state index contributed by atoms with van der Waals surface area (Å²) in [6, 6.07) is 8.98. The van der Waals surface area contributed by atoms with Gasteiger partial charge in [-0.1, -0.05) is 12.1 Å². The third-order valence-corrected chi connectivity index (χ3v) is 9.16. The molecule has 2 N–H and O–H groups in total. The Hall–Kier alpha value is -3.68. The highest BCUT2D eigenvalue weighted by molar-refractivity contribution is 7.92. The number of alkyl halides is 2. The Balaban J connectivity index is 1.34. The van der Waals surface area contributed by atoms with E-state index in [0.29, 0.717) is 40.1 Å². The third-order valence-electron chi connectivity index (χ3n) is 7.99. The van der Waals surface area contributed by atoms with Crippen molar-refractivity contribution in [3.8, 4) is 16.9 Å². The van der Waals surface area contributed by atoms with E-state index >= 15 is 0 Å². The van der Waals surface area contributed by atoms with Gasteiger partial charge < -0.3 is 19.5 Å². The van der Waals surface area contributed by atoms with Gasteiger partial charge in [0, 0.05) is 42.8 Å². The van der Waals surface area contributed by atoms with Crippen molar-refractivity contribution >= 4 is 26.7 Å². The molecule has 0 radical (unpaired) electrons. The van der Waals surface area contributed by atoms with E-state index in [9.17, 15) is 27.4 Å². The predicted molar refractivity (Wildman–Crippen MR) is 140 cm³/mol. The van der Waals surface area contributed by atoms with Gasteiger partial charge in [0.2, 0.25) is 10.0 Å². The molecule has 1 saturated carbocycles. The molecule has 2 aliphatic heterocycles. The van der Waals surface area contributed by atoms with Crippen LogP contribution in [0.5, 0.6) is 5.75 Å². The number of benzene rings is 2. The first-order valence-corrected chi connectivity index (χ1v) is 14.6. The molecule has 13 heteroatoms. The second-order valence-electron chi connectivity index (χ2n) is 11.1. The molecule has 1 aliphatic carbocycles. The van der Waals surface area contributed by atoms with Crippen molar-refractivity contribution in [1.82, 2.24) is 19.5 Å². The molecule has 0 saturated heterocycles. The fourth-order valence-corrected chi connectivity index (χ4v) is 7.80. The first-order chi connectivity index (χ1) is 18.8. The highest BCUT2D eigenvalue weighted by Crippen LogP contribution is 2.56. The van der Waals surface area contributed by atoms with Crippen LogP contribution in [0.15, 0.2) is 48.8 Å². The third kappa shape index (κ3) is 3.71. The SMILES string of the molecule is CC1(O)CC(O)(c2ncc(-c3ccc4nc5n(c4c3)[C@@H]3C[C@H]5N(S(C)(=O)=O)c4cccc(OC(F)F)c43)cn2)C1. The summed E-state index contributed by atoms with van der Waals surface area (Å²) >= 11 is 0. The molecule has 1 fully saturated rings. The van der Waals surface area contributed by atoms with Crippen LogP contribution in [0.1, 0.15) is 55.5 Å². The number of halogens is 2. The molecule has 3 aliphatic rings. The molecule has 10 nitrogen and oxygen atoms in total. The lowest BCUT2D eigenvalue weighted by molar-refractivity contribution is -0.180. The zero-order valence-corrected chi connectivity index (χ0v) is 22.3. The number of nitrogens with zero attached hydrogens (tertiary/aromatic N) is 5. The van der Waals surface area contributed by atoms with Gasteiger partial charge in [-0.05, 0) is 36.8 Å². The van der Waals surface area contributed by atoms with Crippen molar-refractivity contribution in [3.63, 3.8) is 0 Å². The van der Waals surface area contributed by atoms with Crippen LogP contribution in [0.3, 0.4) is 0 Å². The minimum Gasteiger partial charge on any atom is -0.434 e. The number of hydrogen-bond donors (Lipinski definition) is 2. The molecular weight excluding hydrogens is 544 g/mol. The maximum Gasteiger partial charge on any atom is 0.387 e. The Kier molecular flexibility index (Phi) is 5.17. The maximum atomic E-state index is 13.3. The van der Waals surface area contributed by atoms with Gasteiger partial charge in [-0.3, -0.25) is 4.31 Å². The van der Waals surface area contributed by atoms with E-state index in [1.54, 1.807) is 25.4 Å². The summed E-state index contributed by atoms with van der Waals surface area (Å²) in [6.45, 7) is -1.42. The minimum absolute atomic E-state index is 0.0765. The summed E-state index contributed by atoms with van der Waals surface area (Å²) in [5.74, 6) is 0.687. The lowest BCUT2D eigenvalue weighted by Gasteiger charge is -2.46. The Bertz CT molecular complexity index is 1780. The molecule has 0 spiro atoms. The molecular formula is C27H25F2N5O5S. The molecule has 2 atom stereocenters. The topological polar surface area (TPSA) is 131 Å². The molecule has 40 heavy (non-hydrogen) atoms. The van der Waals surface area contributed by atoms with Crippen molar-refractivity contribution in [2.45, 2.75) is 56.1 Å². The molecule has 7 rings (SSSR count). The largest absolute Gasteiger partial charge is 0.434 e. The average Bonchev–Trinajstić information content (AvgIpc) is 3.37. The zero-order chi connectivity index (χ0) is 28.2. The molecule has 2 aromatic carbocycles. The standard InChI is InChI=1S/C27H25F2N5O5S/c1-26(35)12-27(36,13-26)24-30-10-15(11-31-24)14-6-7-16-18(8-14)33-19-9-20(23(33)32-16)34(40(2,37)38)17-4-3-5-21(22(17)19)39-25(28)29/h3-8,10-11,19-20,25,35-36H,9,12-13H2,1-2H3/t19-,20-,26?,27?/m1/s1. The highest BCUT2D eigenvalue weighted by Gasteiger charge is 2.53. The first-order valence-electron chi connectivity index (χ1n) is 12.7. The zero-order valence-electron chi connectivity index (χ0n) is 21.5. The van der Waals surface area contributed by atoms with E-state index in [4.69, 9.17) is 9.72 Å². The molecule has 4 aromatic rings. The minimum atomic E-state index is -3.79. The van der Waals surface area contributed by atoms with Gasteiger partial charge in [-0.25, -0.2) is 23.4 Å². The number of rotatable bonds is 5. The molecule has 0 amide bonds. The van der Waals surface area contributed by atoms with E-state index in [-0.39, 0.29) is 24.4 Å². The van der Waals surface area contributed by atoms with Crippen molar-refractivity contribution < 1.29 is 32.1 Å². The fourth-order valence-electron chi connectivity index (χ4n) is 6.64. The Morgan fingerprint density at radius 1 is 1.07 bits per heavy atom. The summed E-state index contributed by atoms with van der Waals surface area (Å²) < 4.78 is 60.6. The number of anilines is 1. The van der Waals surface area contributed by atoms with Gasteiger partial charge in [0.1, 0.15) is 23.2 Å². The van der Waals surface area contributed by atoms with Crippen LogP contribution >= 0.6 is 0 Å². The number of imidazole rings is 1. The molecule has 2 aromatic heterocycles. The van der Waals surface area contributed by atoms with Crippen LogP contribution in [0.25, 0.3) is 22.2 Å². The average molecular weight is 570 g/mol. The van der Waals surface area contributed by atoms with Crippen LogP contribution in [0, 0.1) is 0 Å². The van der Waals surface area contributed by atoms with Crippen LogP contribution < -0.4 is 9.04 Å². The lowest BCUT2D eigenvalue weighted by atomic mass is 9.68. The van der Waals surface area contributed by atoms with Crippen molar-refractivity contribution in [2.75, 3.05) is 10.6 Å². The second-order valence-corrected chi connectivity index (χ2v) is 13.0. The van der Waals surface area contributed by atoms with Crippen LogP contribution in [-0.4, -0.2) is 56.6 Å². The Morgan fingerprint density at radius 3 is 2.45 bits per heavy atom. The van der Waals surface area contributed by atoms with E-state index in [2.05, 4.69) is 9.97 Å². The van der Waals surface area contributed by atoms with Gasteiger partial charge >= 0.3 is 6.61 Å². The normalized spacial score (nSPS) is 27.0. The monoisotopic (exact) mass is 569 g/mol. The molecule has 0 unspecified atom stereocenters.